The van der Waals surface area contributed by atoms with E-state index < -0.39 is 27.0 Å². The molecule has 2 unspecified atom stereocenters. The van der Waals surface area contributed by atoms with Crippen LogP contribution >= 0.6 is 0 Å². The van der Waals surface area contributed by atoms with Crippen molar-refractivity contribution < 1.29 is 32.0 Å². The lowest BCUT2D eigenvalue weighted by Crippen LogP contribution is -2.19. The third kappa shape index (κ3) is 7.59. The van der Waals surface area contributed by atoms with Crippen LogP contribution < -0.4 is 0 Å². The highest BCUT2D eigenvalue weighted by Gasteiger charge is 2.24. The molecule has 1 rings (SSSR count). The van der Waals surface area contributed by atoms with E-state index in [2.05, 4.69) is 0 Å². The van der Waals surface area contributed by atoms with Crippen LogP contribution in [0.5, 0.6) is 0 Å². The van der Waals surface area contributed by atoms with Gasteiger partial charge in [0.15, 0.2) is 0 Å². The van der Waals surface area contributed by atoms with E-state index >= 15 is 0 Å². The summed E-state index contributed by atoms with van der Waals surface area (Å²) in [4.78, 5) is 24.4. The Labute approximate surface area is 167 Å². The summed E-state index contributed by atoms with van der Waals surface area (Å²) in [5, 5.41) is 0. The van der Waals surface area contributed by atoms with Gasteiger partial charge in [-0.3, -0.25) is 4.55 Å². The second-order valence-electron chi connectivity index (χ2n) is 7.17. The highest BCUT2D eigenvalue weighted by Crippen LogP contribution is 2.20. The van der Waals surface area contributed by atoms with E-state index in [0.717, 1.165) is 43.9 Å². The summed E-state index contributed by atoms with van der Waals surface area (Å²) in [5.74, 6) is -1.28. The molecule has 0 bridgehead atoms. The van der Waals surface area contributed by atoms with E-state index in [1.54, 1.807) is 0 Å². The van der Waals surface area contributed by atoms with Crippen molar-refractivity contribution in [2.45, 2.75) is 58.3 Å². The number of hydrogen-bond acceptors (Lipinski definition) is 6. The molecule has 1 N–H and O–H groups in total. The Kier molecular flexibility index (Phi) is 9.61. The molecular weight excluding hydrogens is 384 g/mol. The van der Waals surface area contributed by atoms with E-state index in [-0.39, 0.29) is 36.2 Å². The maximum Gasteiger partial charge on any atom is 0.339 e. The number of carbonyl (C=O) groups is 2. The van der Waals surface area contributed by atoms with Gasteiger partial charge in [-0.15, -0.1) is 0 Å². The van der Waals surface area contributed by atoms with Crippen molar-refractivity contribution in [1.29, 1.82) is 0 Å². The molecule has 0 aliphatic rings. The molecule has 0 amide bonds. The molecule has 0 aliphatic heterocycles. The Morgan fingerprint density at radius 2 is 1.39 bits per heavy atom. The molecule has 0 saturated carbocycles. The molecule has 1 aromatic carbocycles. The second-order valence-corrected chi connectivity index (χ2v) is 8.59. The molecule has 0 saturated heterocycles. The highest BCUT2D eigenvalue weighted by atomic mass is 32.2. The molecule has 0 radical (unpaired) electrons. The molecular formula is C20H30O7S. The van der Waals surface area contributed by atoms with E-state index in [1.165, 1.54) is 0 Å². The normalized spacial score (nSPS) is 13.6. The minimum absolute atomic E-state index is 0.0933. The number of carbonyl (C=O) groups excluding carboxylic acids is 2. The monoisotopic (exact) mass is 414 g/mol. The van der Waals surface area contributed by atoms with Gasteiger partial charge in [0.05, 0.1) is 29.2 Å². The van der Waals surface area contributed by atoms with Gasteiger partial charge in [-0.1, -0.05) is 40.5 Å². The summed E-state index contributed by atoms with van der Waals surface area (Å²) in [5.41, 5.74) is -0.337. The predicted octanol–water partition coefficient (Wildman–Crippen LogP) is 4.12. The van der Waals surface area contributed by atoms with Crippen molar-refractivity contribution >= 4 is 22.1 Å². The van der Waals surface area contributed by atoms with Crippen LogP contribution in [-0.4, -0.2) is 38.1 Å². The largest absolute Gasteiger partial charge is 0.462 e. The molecule has 0 heterocycles. The molecule has 0 aliphatic carbocycles. The fourth-order valence-corrected chi connectivity index (χ4v) is 3.28. The van der Waals surface area contributed by atoms with Crippen LogP contribution in [0.4, 0.5) is 0 Å². The van der Waals surface area contributed by atoms with Gasteiger partial charge in [0.1, 0.15) is 0 Å². The van der Waals surface area contributed by atoms with Crippen LogP contribution in [0.1, 0.15) is 74.1 Å². The number of rotatable bonds is 11. The first-order valence-electron chi connectivity index (χ1n) is 9.55. The third-order valence-electron chi connectivity index (χ3n) is 4.29. The quantitative estimate of drug-likeness (QED) is 0.429. The fourth-order valence-electron chi connectivity index (χ4n) is 2.77. The van der Waals surface area contributed by atoms with E-state index in [4.69, 9.17) is 9.47 Å². The van der Waals surface area contributed by atoms with E-state index in [1.807, 2.05) is 27.7 Å². The molecule has 2 atom stereocenters. The minimum atomic E-state index is -4.53. The Hall–Kier alpha value is -1.93. The van der Waals surface area contributed by atoms with Crippen molar-refractivity contribution in [3.63, 3.8) is 0 Å². The molecule has 1 aromatic rings. The zero-order valence-electron chi connectivity index (χ0n) is 16.9. The lowest BCUT2D eigenvalue weighted by molar-refractivity contribution is 0.0397. The topological polar surface area (TPSA) is 107 Å². The molecule has 28 heavy (non-hydrogen) atoms. The molecule has 0 aromatic heterocycles. The van der Waals surface area contributed by atoms with Gasteiger partial charge in [-0.2, -0.15) is 8.42 Å². The number of benzene rings is 1. The number of esters is 2. The zero-order valence-corrected chi connectivity index (χ0v) is 17.8. The maximum atomic E-state index is 12.5. The Bertz CT molecular complexity index is 771. The van der Waals surface area contributed by atoms with Crippen molar-refractivity contribution in [2.24, 2.45) is 11.8 Å². The third-order valence-corrected chi connectivity index (χ3v) is 5.14. The van der Waals surface area contributed by atoms with Gasteiger partial charge < -0.3 is 9.47 Å². The summed E-state index contributed by atoms with van der Waals surface area (Å²) in [6.07, 6.45) is 3.64. The second kappa shape index (κ2) is 11.2. The average Bonchev–Trinajstić information content (AvgIpc) is 2.63. The lowest BCUT2D eigenvalue weighted by Gasteiger charge is -2.15. The van der Waals surface area contributed by atoms with Crippen LogP contribution in [0.25, 0.3) is 0 Å². The standard InChI is InChI=1S/C20H30O7S/c1-5-7-14(3)12-26-19(21)17-10-9-16(28(23,24)25)11-18(17)20(22)27-13-15(4)8-6-2/h9-11,14-15H,5-8,12-13H2,1-4H3,(H,23,24,25). The smallest absolute Gasteiger partial charge is 0.339 e. The summed E-state index contributed by atoms with van der Waals surface area (Å²) in [6.45, 7) is 8.25. The first-order valence-corrected chi connectivity index (χ1v) is 11.0. The lowest BCUT2D eigenvalue weighted by atomic mass is 10.1. The fraction of sp³-hybridized carbons (Fsp3) is 0.600. The summed E-state index contributed by atoms with van der Waals surface area (Å²) in [6, 6.07) is 3.15. The van der Waals surface area contributed by atoms with Crippen LogP contribution in [0.15, 0.2) is 23.1 Å². The molecule has 8 heteroatoms. The molecule has 158 valence electrons. The minimum Gasteiger partial charge on any atom is -0.462 e. The van der Waals surface area contributed by atoms with Gasteiger partial charge >= 0.3 is 11.9 Å². The maximum absolute atomic E-state index is 12.5. The van der Waals surface area contributed by atoms with Crippen LogP contribution in [0.3, 0.4) is 0 Å². The summed E-state index contributed by atoms with van der Waals surface area (Å²) < 4.78 is 42.6. The zero-order chi connectivity index (χ0) is 21.3. The highest BCUT2D eigenvalue weighted by molar-refractivity contribution is 7.85. The van der Waals surface area contributed by atoms with Gasteiger partial charge in [0.25, 0.3) is 10.1 Å². The van der Waals surface area contributed by atoms with Gasteiger partial charge in [0, 0.05) is 0 Å². The van der Waals surface area contributed by atoms with Gasteiger partial charge in [0.2, 0.25) is 0 Å². The number of hydrogen-bond donors (Lipinski definition) is 1. The van der Waals surface area contributed by atoms with Crippen molar-refractivity contribution in [3.8, 4) is 0 Å². The van der Waals surface area contributed by atoms with Crippen LogP contribution in [0.2, 0.25) is 0 Å². The Morgan fingerprint density at radius 1 is 0.929 bits per heavy atom. The molecule has 0 fully saturated rings. The average molecular weight is 415 g/mol. The van der Waals surface area contributed by atoms with Gasteiger partial charge in [-0.25, -0.2) is 9.59 Å². The van der Waals surface area contributed by atoms with Crippen molar-refractivity contribution in [1.82, 2.24) is 0 Å². The SMILES string of the molecule is CCCC(C)COC(=O)c1ccc(S(=O)(=O)O)cc1C(=O)OCC(C)CCC. The van der Waals surface area contributed by atoms with Crippen molar-refractivity contribution in [2.75, 3.05) is 13.2 Å². The van der Waals surface area contributed by atoms with E-state index in [0.29, 0.717) is 0 Å². The molecule has 0 spiro atoms. The first kappa shape index (κ1) is 24.1. The summed E-state index contributed by atoms with van der Waals surface area (Å²) >= 11 is 0. The Morgan fingerprint density at radius 3 is 1.82 bits per heavy atom. The van der Waals surface area contributed by atoms with E-state index in [9.17, 15) is 22.6 Å². The predicted molar refractivity (Wildman–Crippen MR) is 105 cm³/mol. The number of ether oxygens (including phenoxy) is 2. The summed E-state index contributed by atoms with van der Waals surface area (Å²) in [7, 11) is -4.53. The van der Waals surface area contributed by atoms with Crippen molar-refractivity contribution in [3.05, 3.63) is 29.3 Å². The van der Waals surface area contributed by atoms with Crippen LogP contribution in [0, 0.1) is 11.8 Å². The van der Waals surface area contributed by atoms with Gasteiger partial charge in [-0.05, 0) is 42.9 Å². The first-order chi connectivity index (χ1) is 13.1. The molecule has 7 nitrogen and oxygen atoms in total. The Balaban J connectivity index is 3.08. The van der Waals surface area contributed by atoms with Crippen LogP contribution in [-0.2, 0) is 19.6 Å².